The lowest BCUT2D eigenvalue weighted by atomic mass is 9.87. The maximum Gasteiger partial charge on any atom is 0.0296 e. The molecular formula is C12H13Br. The highest BCUT2D eigenvalue weighted by molar-refractivity contribution is 9.10. The van der Waals surface area contributed by atoms with Gasteiger partial charge in [-0.1, -0.05) is 28.1 Å². The first-order valence-electron chi connectivity index (χ1n) is 4.26. The zero-order valence-corrected chi connectivity index (χ0v) is 9.56. The molecule has 1 aromatic carbocycles. The van der Waals surface area contributed by atoms with Crippen LogP contribution in [0.4, 0.5) is 0 Å². The summed E-state index contributed by atoms with van der Waals surface area (Å²) in [4.78, 5) is 0. The van der Waals surface area contributed by atoms with Crippen molar-refractivity contribution in [3.63, 3.8) is 0 Å². The van der Waals surface area contributed by atoms with Crippen molar-refractivity contribution < 1.29 is 0 Å². The molecule has 0 amide bonds. The molecule has 0 bridgehead atoms. The van der Waals surface area contributed by atoms with Gasteiger partial charge in [-0.3, -0.25) is 0 Å². The third-order valence-electron chi connectivity index (χ3n) is 1.93. The molecule has 0 radical (unpaired) electrons. The van der Waals surface area contributed by atoms with E-state index in [2.05, 4.69) is 47.8 Å². The summed E-state index contributed by atoms with van der Waals surface area (Å²) in [6.45, 7) is 4.15. The van der Waals surface area contributed by atoms with Crippen LogP contribution < -0.4 is 0 Å². The minimum Gasteiger partial charge on any atom is -0.120 e. The molecule has 0 saturated carbocycles. The molecule has 0 atom stereocenters. The van der Waals surface area contributed by atoms with E-state index < -0.39 is 0 Å². The van der Waals surface area contributed by atoms with Crippen LogP contribution in [-0.4, -0.2) is 0 Å². The van der Waals surface area contributed by atoms with Gasteiger partial charge >= 0.3 is 0 Å². The Kier molecular flexibility index (Phi) is 3.17. The van der Waals surface area contributed by atoms with Crippen molar-refractivity contribution >= 4 is 15.9 Å². The zero-order chi connectivity index (χ0) is 9.90. The minimum absolute atomic E-state index is 0.0548. The Labute approximate surface area is 88.5 Å². The van der Waals surface area contributed by atoms with Crippen molar-refractivity contribution in [2.24, 2.45) is 5.41 Å². The Balaban J connectivity index is 2.82. The summed E-state index contributed by atoms with van der Waals surface area (Å²) in [7, 11) is 0. The third-order valence-corrected chi connectivity index (χ3v) is 2.42. The van der Waals surface area contributed by atoms with Crippen molar-refractivity contribution in [2.75, 3.05) is 0 Å². The van der Waals surface area contributed by atoms with E-state index in [4.69, 9.17) is 6.42 Å². The van der Waals surface area contributed by atoms with Gasteiger partial charge in [0, 0.05) is 9.89 Å². The predicted octanol–water partition coefficient (Wildman–Crippen LogP) is 3.65. The summed E-state index contributed by atoms with van der Waals surface area (Å²) in [5.74, 6) is 2.79. The van der Waals surface area contributed by atoms with Crippen molar-refractivity contribution in [1.82, 2.24) is 0 Å². The summed E-state index contributed by atoms with van der Waals surface area (Å²) in [5, 5.41) is 0. The Morgan fingerprint density at radius 2 is 2.15 bits per heavy atom. The highest BCUT2D eigenvalue weighted by atomic mass is 79.9. The monoisotopic (exact) mass is 236 g/mol. The summed E-state index contributed by atoms with van der Waals surface area (Å²) >= 11 is 3.44. The maximum atomic E-state index is 5.43. The first-order valence-corrected chi connectivity index (χ1v) is 5.05. The van der Waals surface area contributed by atoms with Crippen molar-refractivity contribution in [3.8, 4) is 12.3 Å². The number of benzene rings is 1. The molecule has 0 aromatic heterocycles. The first-order chi connectivity index (χ1) is 6.03. The SMILES string of the molecule is C#CC(C)(C)Cc1cccc(Br)c1. The van der Waals surface area contributed by atoms with Crippen molar-refractivity contribution in [3.05, 3.63) is 34.3 Å². The van der Waals surface area contributed by atoms with E-state index in [1.807, 2.05) is 12.1 Å². The molecule has 68 valence electrons. The second kappa shape index (κ2) is 3.98. The average Bonchev–Trinajstić information content (AvgIpc) is 2.03. The van der Waals surface area contributed by atoms with E-state index in [0.717, 1.165) is 10.9 Å². The van der Waals surface area contributed by atoms with Crippen LogP contribution in [-0.2, 0) is 6.42 Å². The molecule has 13 heavy (non-hydrogen) atoms. The highest BCUT2D eigenvalue weighted by Gasteiger charge is 2.14. The van der Waals surface area contributed by atoms with Gasteiger partial charge in [-0.05, 0) is 38.0 Å². The molecule has 0 spiro atoms. The molecule has 0 aliphatic rings. The van der Waals surface area contributed by atoms with Crippen LogP contribution in [0.15, 0.2) is 28.7 Å². The van der Waals surface area contributed by atoms with Crippen LogP contribution in [0.5, 0.6) is 0 Å². The number of hydrogen-bond donors (Lipinski definition) is 0. The van der Waals surface area contributed by atoms with E-state index in [0.29, 0.717) is 0 Å². The molecular weight excluding hydrogens is 224 g/mol. The van der Waals surface area contributed by atoms with Gasteiger partial charge in [0.25, 0.3) is 0 Å². The van der Waals surface area contributed by atoms with Crippen LogP contribution in [0, 0.1) is 17.8 Å². The highest BCUT2D eigenvalue weighted by Crippen LogP contribution is 2.22. The number of hydrogen-bond acceptors (Lipinski definition) is 0. The zero-order valence-electron chi connectivity index (χ0n) is 7.97. The molecule has 0 unspecified atom stereocenters. The minimum atomic E-state index is -0.0548. The fourth-order valence-corrected chi connectivity index (χ4v) is 1.65. The summed E-state index contributed by atoms with van der Waals surface area (Å²) in [6.07, 6.45) is 6.35. The quantitative estimate of drug-likeness (QED) is 0.688. The second-order valence-electron chi connectivity index (χ2n) is 3.83. The molecule has 0 heterocycles. The standard InChI is InChI=1S/C12H13Br/c1-4-12(2,3)9-10-6-5-7-11(13)8-10/h1,5-8H,9H2,2-3H3. The Morgan fingerprint density at radius 1 is 1.46 bits per heavy atom. The maximum absolute atomic E-state index is 5.43. The topological polar surface area (TPSA) is 0 Å². The largest absolute Gasteiger partial charge is 0.120 e. The van der Waals surface area contributed by atoms with Gasteiger partial charge in [0.05, 0.1) is 0 Å². The third kappa shape index (κ3) is 3.24. The number of terminal acetylenes is 1. The fourth-order valence-electron chi connectivity index (χ4n) is 1.21. The lowest BCUT2D eigenvalue weighted by molar-refractivity contribution is 0.501. The van der Waals surface area contributed by atoms with Gasteiger partial charge in [-0.15, -0.1) is 12.3 Å². The van der Waals surface area contributed by atoms with Crippen molar-refractivity contribution in [1.29, 1.82) is 0 Å². The smallest absolute Gasteiger partial charge is 0.0296 e. The van der Waals surface area contributed by atoms with E-state index >= 15 is 0 Å². The van der Waals surface area contributed by atoms with Crippen LogP contribution in [0.25, 0.3) is 0 Å². The summed E-state index contributed by atoms with van der Waals surface area (Å²) in [5.41, 5.74) is 1.22. The normalized spacial score (nSPS) is 10.9. The van der Waals surface area contributed by atoms with Gasteiger partial charge in [0.15, 0.2) is 0 Å². The van der Waals surface area contributed by atoms with E-state index in [1.165, 1.54) is 5.56 Å². The molecule has 1 aromatic rings. The second-order valence-corrected chi connectivity index (χ2v) is 4.75. The van der Waals surface area contributed by atoms with Gasteiger partial charge in [0.2, 0.25) is 0 Å². The van der Waals surface area contributed by atoms with Crippen LogP contribution in [0.2, 0.25) is 0 Å². The van der Waals surface area contributed by atoms with Crippen LogP contribution in [0.3, 0.4) is 0 Å². The molecule has 0 N–H and O–H groups in total. The van der Waals surface area contributed by atoms with E-state index in [9.17, 15) is 0 Å². The van der Waals surface area contributed by atoms with Gasteiger partial charge in [-0.25, -0.2) is 0 Å². The summed E-state index contributed by atoms with van der Waals surface area (Å²) < 4.78 is 1.11. The average molecular weight is 237 g/mol. The molecule has 0 nitrogen and oxygen atoms in total. The first kappa shape index (κ1) is 10.3. The Bertz CT molecular complexity index is 331. The fraction of sp³-hybridized carbons (Fsp3) is 0.333. The predicted molar refractivity (Wildman–Crippen MR) is 60.5 cm³/mol. The molecule has 1 rings (SSSR count). The number of halogens is 1. The molecule has 0 saturated heterocycles. The van der Waals surface area contributed by atoms with E-state index in [-0.39, 0.29) is 5.41 Å². The Hall–Kier alpha value is -0.740. The molecule has 0 aliphatic carbocycles. The lowest BCUT2D eigenvalue weighted by Crippen LogP contribution is -2.11. The van der Waals surface area contributed by atoms with Crippen LogP contribution in [0.1, 0.15) is 19.4 Å². The van der Waals surface area contributed by atoms with Gasteiger partial charge in [-0.2, -0.15) is 0 Å². The molecule has 1 heteroatoms. The van der Waals surface area contributed by atoms with Gasteiger partial charge < -0.3 is 0 Å². The molecule has 0 fully saturated rings. The van der Waals surface area contributed by atoms with Gasteiger partial charge in [0.1, 0.15) is 0 Å². The van der Waals surface area contributed by atoms with Crippen LogP contribution >= 0.6 is 15.9 Å². The summed E-state index contributed by atoms with van der Waals surface area (Å²) in [6, 6.07) is 8.27. The van der Waals surface area contributed by atoms with E-state index in [1.54, 1.807) is 0 Å². The lowest BCUT2D eigenvalue weighted by Gasteiger charge is -2.17. The number of rotatable bonds is 2. The Morgan fingerprint density at radius 3 is 2.69 bits per heavy atom. The van der Waals surface area contributed by atoms with Crippen molar-refractivity contribution in [2.45, 2.75) is 20.3 Å². The molecule has 0 aliphatic heterocycles.